The summed E-state index contributed by atoms with van der Waals surface area (Å²) in [6.07, 6.45) is 3.07. The number of aldehydes is 1. The van der Waals surface area contributed by atoms with Gasteiger partial charge in [-0.15, -0.1) is 0 Å². The third kappa shape index (κ3) is 3.29. The molecule has 0 spiro atoms. The number of aromatic nitrogens is 3. The fraction of sp³-hybridized carbons (Fsp3) is 0.308. The van der Waals surface area contributed by atoms with Crippen LogP contribution in [0.1, 0.15) is 29.5 Å². The van der Waals surface area contributed by atoms with Crippen LogP contribution in [0.15, 0.2) is 18.5 Å². The largest absolute Gasteiger partial charge is 0.483 e. The van der Waals surface area contributed by atoms with Crippen molar-refractivity contribution >= 4 is 29.5 Å². The SMILES string of the molecule is CCCn1ncnc1COc1c(Cl)cc(Cl)cc1C=O. The maximum Gasteiger partial charge on any atom is 0.164 e. The van der Waals surface area contributed by atoms with Crippen LogP contribution in [0, 0.1) is 0 Å². The summed E-state index contributed by atoms with van der Waals surface area (Å²) in [6.45, 7) is 2.99. The molecule has 0 aliphatic rings. The summed E-state index contributed by atoms with van der Waals surface area (Å²) in [4.78, 5) is 15.2. The molecule has 20 heavy (non-hydrogen) atoms. The number of hydrogen-bond donors (Lipinski definition) is 0. The van der Waals surface area contributed by atoms with Crippen LogP contribution in [0.2, 0.25) is 10.0 Å². The van der Waals surface area contributed by atoms with Gasteiger partial charge in [-0.1, -0.05) is 30.1 Å². The number of halogens is 2. The number of benzene rings is 1. The lowest BCUT2D eigenvalue weighted by atomic mass is 10.2. The summed E-state index contributed by atoms with van der Waals surface area (Å²) < 4.78 is 7.35. The van der Waals surface area contributed by atoms with Crippen LogP contribution in [0.4, 0.5) is 0 Å². The number of aryl methyl sites for hydroxylation is 1. The summed E-state index contributed by atoms with van der Waals surface area (Å²) in [5, 5.41) is 4.78. The van der Waals surface area contributed by atoms with Crippen LogP contribution >= 0.6 is 23.2 Å². The van der Waals surface area contributed by atoms with E-state index in [0.717, 1.165) is 13.0 Å². The lowest BCUT2D eigenvalue weighted by Gasteiger charge is -2.11. The van der Waals surface area contributed by atoms with Gasteiger partial charge in [0.1, 0.15) is 18.7 Å². The zero-order chi connectivity index (χ0) is 14.5. The summed E-state index contributed by atoms with van der Waals surface area (Å²) in [5.74, 6) is 0.979. The molecule has 0 fully saturated rings. The number of hydrogen-bond acceptors (Lipinski definition) is 4. The highest BCUT2D eigenvalue weighted by Crippen LogP contribution is 2.31. The summed E-state index contributed by atoms with van der Waals surface area (Å²) in [7, 11) is 0. The first kappa shape index (κ1) is 14.8. The van der Waals surface area contributed by atoms with E-state index in [2.05, 4.69) is 10.1 Å². The zero-order valence-electron chi connectivity index (χ0n) is 10.8. The molecule has 0 atom stereocenters. The van der Waals surface area contributed by atoms with Crippen molar-refractivity contribution in [1.82, 2.24) is 14.8 Å². The number of ether oxygens (including phenoxy) is 1. The second kappa shape index (κ2) is 6.72. The predicted octanol–water partition coefficient (Wildman–Crippen LogP) is 3.39. The van der Waals surface area contributed by atoms with Crippen molar-refractivity contribution in [2.24, 2.45) is 0 Å². The van der Waals surface area contributed by atoms with Gasteiger partial charge in [0.25, 0.3) is 0 Å². The fourth-order valence-electron chi connectivity index (χ4n) is 1.76. The molecule has 1 aromatic carbocycles. The van der Waals surface area contributed by atoms with Gasteiger partial charge in [-0.2, -0.15) is 5.10 Å². The number of nitrogens with zero attached hydrogens (tertiary/aromatic N) is 3. The van der Waals surface area contributed by atoms with Crippen molar-refractivity contribution in [3.05, 3.63) is 39.9 Å². The molecule has 0 radical (unpaired) electrons. The van der Waals surface area contributed by atoms with Gasteiger partial charge in [0.05, 0.1) is 10.6 Å². The highest BCUT2D eigenvalue weighted by molar-refractivity contribution is 6.36. The van der Waals surface area contributed by atoms with E-state index in [1.807, 2.05) is 6.92 Å². The van der Waals surface area contributed by atoms with E-state index in [0.29, 0.717) is 33.5 Å². The third-order valence-electron chi connectivity index (χ3n) is 2.64. The second-order valence-electron chi connectivity index (χ2n) is 4.11. The predicted molar refractivity (Wildman–Crippen MR) is 76.5 cm³/mol. The van der Waals surface area contributed by atoms with Gasteiger partial charge < -0.3 is 4.74 Å². The van der Waals surface area contributed by atoms with Crippen LogP contribution in [-0.2, 0) is 13.2 Å². The Morgan fingerprint density at radius 2 is 2.20 bits per heavy atom. The van der Waals surface area contributed by atoms with E-state index in [-0.39, 0.29) is 6.61 Å². The van der Waals surface area contributed by atoms with Crippen molar-refractivity contribution in [3.8, 4) is 5.75 Å². The summed E-state index contributed by atoms with van der Waals surface area (Å²) in [6, 6.07) is 3.04. The molecule has 1 aromatic heterocycles. The Balaban J connectivity index is 2.18. The molecule has 0 aliphatic heterocycles. The molecule has 1 heterocycles. The number of rotatable bonds is 6. The minimum absolute atomic E-state index is 0.183. The molecule has 0 unspecified atom stereocenters. The van der Waals surface area contributed by atoms with E-state index in [4.69, 9.17) is 27.9 Å². The first-order chi connectivity index (χ1) is 9.65. The van der Waals surface area contributed by atoms with Crippen molar-refractivity contribution in [3.63, 3.8) is 0 Å². The van der Waals surface area contributed by atoms with Crippen LogP contribution in [0.25, 0.3) is 0 Å². The Labute approximate surface area is 126 Å². The Bertz CT molecular complexity index is 614. The van der Waals surface area contributed by atoms with E-state index in [1.54, 1.807) is 4.68 Å². The fourth-order valence-corrected chi connectivity index (χ4v) is 2.32. The lowest BCUT2D eigenvalue weighted by molar-refractivity contribution is 0.111. The molecular formula is C13H13Cl2N3O2. The second-order valence-corrected chi connectivity index (χ2v) is 4.96. The monoisotopic (exact) mass is 313 g/mol. The minimum Gasteiger partial charge on any atom is -0.483 e. The first-order valence-electron chi connectivity index (χ1n) is 6.09. The molecule has 0 N–H and O–H groups in total. The van der Waals surface area contributed by atoms with E-state index < -0.39 is 0 Å². The molecule has 2 rings (SSSR count). The van der Waals surface area contributed by atoms with Crippen LogP contribution in [0.5, 0.6) is 5.75 Å². The normalized spacial score (nSPS) is 10.6. The minimum atomic E-state index is 0.183. The van der Waals surface area contributed by atoms with Crippen LogP contribution < -0.4 is 4.74 Å². The van der Waals surface area contributed by atoms with Crippen molar-refractivity contribution in [1.29, 1.82) is 0 Å². The molecule has 5 nitrogen and oxygen atoms in total. The molecule has 0 amide bonds. The van der Waals surface area contributed by atoms with Crippen LogP contribution in [-0.4, -0.2) is 21.1 Å². The van der Waals surface area contributed by atoms with Gasteiger partial charge in [-0.25, -0.2) is 9.67 Å². The van der Waals surface area contributed by atoms with E-state index >= 15 is 0 Å². The molecule has 0 aliphatic carbocycles. The maximum absolute atomic E-state index is 11.0. The first-order valence-corrected chi connectivity index (χ1v) is 6.85. The molecular weight excluding hydrogens is 301 g/mol. The Morgan fingerprint density at radius 3 is 2.90 bits per heavy atom. The van der Waals surface area contributed by atoms with E-state index in [9.17, 15) is 4.79 Å². The van der Waals surface area contributed by atoms with Crippen molar-refractivity contribution in [2.75, 3.05) is 0 Å². The Kier molecular flexibility index (Phi) is 4.98. The summed E-state index contributed by atoms with van der Waals surface area (Å²) in [5.41, 5.74) is 0.309. The Hall–Kier alpha value is -1.59. The topological polar surface area (TPSA) is 57.0 Å². The summed E-state index contributed by atoms with van der Waals surface area (Å²) >= 11 is 11.9. The van der Waals surface area contributed by atoms with Gasteiger partial charge in [-0.3, -0.25) is 4.79 Å². The molecule has 7 heteroatoms. The van der Waals surface area contributed by atoms with Gasteiger partial charge >= 0.3 is 0 Å². The lowest BCUT2D eigenvalue weighted by Crippen LogP contribution is -2.09. The van der Waals surface area contributed by atoms with Crippen molar-refractivity contribution in [2.45, 2.75) is 26.5 Å². The standard InChI is InChI=1S/C13H13Cl2N3O2/c1-2-3-18-12(16-8-17-18)7-20-13-9(6-19)4-10(14)5-11(13)15/h4-6,8H,2-3,7H2,1H3. The van der Waals surface area contributed by atoms with E-state index in [1.165, 1.54) is 18.5 Å². The van der Waals surface area contributed by atoms with Crippen LogP contribution in [0.3, 0.4) is 0 Å². The highest BCUT2D eigenvalue weighted by Gasteiger charge is 2.12. The average molecular weight is 314 g/mol. The maximum atomic E-state index is 11.0. The van der Waals surface area contributed by atoms with Crippen molar-refractivity contribution < 1.29 is 9.53 Å². The molecule has 0 saturated carbocycles. The highest BCUT2D eigenvalue weighted by atomic mass is 35.5. The number of carbonyl (C=O) groups excluding carboxylic acids is 1. The van der Waals surface area contributed by atoms with Gasteiger partial charge in [0.15, 0.2) is 12.1 Å². The molecule has 2 aromatic rings. The van der Waals surface area contributed by atoms with Gasteiger partial charge in [0.2, 0.25) is 0 Å². The Morgan fingerprint density at radius 1 is 1.40 bits per heavy atom. The van der Waals surface area contributed by atoms with Gasteiger partial charge in [0, 0.05) is 11.6 Å². The third-order valence-corrected chi connectivity index (χ3v) is 3.14. The molecule has 106 valence electrons. The van der Waals surface area contributed by atoms with Gasteiger partial charge in [-0.05, 0) is 18.6 Å². The molecule has 0 saturated heterocycles. The smallest absolute Gasteiger partial charge is 0.164 e. The molecule has 0 bridgehead atoms. The zero-order valence-corrected chi connectivity index (χ0v) is 12.4. The quantitative estimate of drug-likeness (QED) is 0.767. The number of carbonyl (C=O) groups is 1. The average Bonchev–Trinajstić information content (AvgIpc) is 2.85.